The van der Waals surface area contributed by atoms with Gasteiger partial charge in [0.2, 0.25) is 0 Å². The number of hydrogen-bond acceptors (Lipinski definition) is 4. The van der Waals surface area contributed by atoms with Crippen LogP contribution in [0, 0.1) is 0 Å². The zero-order valence-corrected chi connectivity index (χ0v) is 11.2. The number of nitrogens with one attached hydrogen (secondary N) is 1. The summed E-state index contributed by atoms with van der Waals surface area (Å²) in [6.45, 7) is 0. The minimum atomic E-state index is -1.35. The smallest absolute Gasteiger partial charge is 0.341 e. The number of amides is 1. The molecule has 0 fully saturated rings. The van der Waals surface area contributed by atoms with Crippen LogP contribution in [0.4, 0.5) is 5.69 Å². The van der Waals surface area contributed by atoms with Gasteiger partial charge in [0.05, 0.1) is 12.8 Å². The molecule has 0 aliphatic heterocycles. The van der Waals surface area contributed by atoms with Crippen LogP contribution in [-0.2, 0) is 0 Å². The lowest BCUT2D eigenvalue weighted by Crippen LogP contribution is -2.15. The van der Waals surface area contributed by atoms with Crippen molar-refractivity contribution in [1.29, 1.82) is 0 Å². The number of methoxy groups -OCH3 is 1. The Labute approximate surface area is 120 Å². The number of ether oxygens (including phenoxy) is 1. The fourth-order valence-electron chi connectivity index (χ4n) is 1.83. The van der Waals surface area contributed by atoms with E-state index in [1.807, 2.05) is 0 Å². The van der Waals surface area contributed by atoms with Crippen LogP contribution in [-0.4, -0.2) is 29.2 Å². The van der Waals surface area contributed by atoms with E-state index in [0.29, 0.717) is 5.56 Å². The molecule has 0 aromatic heterocycles. The molecule has 1 amide bonds. The van der Waals surface area contributed by atoms with Gasteiger partial charge >= 0.3 is 5.97 Å². The standard InChI is InChI=1S/C15H13NO5/c1-21-10-7-11(13(15(19)20)12(17)8-10)16-14(18)9-5-3-2-4-6-9/h2-8,17H,1H3,(H,16,18)(H,19,20). The third-order valence-electron chi connectivity index (χ3n) is 2.82. The Morgan fingerprint density at radius 1 is 1.14 bits per heavy atom. The van der Waals surface area contributed by atoms with Gasteiger partial charge < -0.3 is 20.3 Å². The first-order chi connectivity index (χ1) is 10.0. The lowest BCUT2D eigenvalue weighted by molar-refractivity contribution is 0.0695. The van der Waals surface area contributed by atoms with E-state index in [1.54, 1.807) is 30.3 Å². The molecule has 6 nitrogen and oxygen atoms in total. The van der Waals surface area contributed by atoms with Gasteiger partial charge in [0.1, 0.15) is 17.1 Å². The van der Waals surface area contributed by atoms with E-state index in [1.165, 1.54) is 19.2 Å². The summed E-state index contributed by atoms with van der Waals surface area (Å²) in [6, 6.07) is 10.8. The number of aromatic carboxylic acids is 1. The highest BCUT2D eigenvalue weighted by Crippen LogP contribution is 2.31. The number of phenols is 1. The van der Waals surface area contributed by atoms with Crippen LogP contribution < -0.4 is 10.1 Å². The summed E-state index contributed by atoms with van der Waals surface area (Å²) in [7, 11) is 1.37. The van der Waals surface area contributed by atoms with E-state index in [9.17, 15) is 14.7 Å². The number of benzene rings is 2. The molecule has 2 aromatic carbocycles. The first-order valence-electron chi connectivity index (χ1n) is 6.03. The molecule has 0 bridgehead atoms. The number of hydrogen-bond donors (Lipinski definition) is 3. The molecule has 6 heteroatoms. The fraction of sp³-hybridized carbons (Fsp3) is 0.0667. The molecule has 0 saturated carbocycles. The Morgan fingerprint density at radius 2 is 1.81 bits per heavy atom. The maximum atomic E-state index is 12.1. The van der Waals surface area contributed by atoms with Crippen LogP contribution in [0.5, 0.6) is 11.5 Å². The lowest BCUT2D eigenvalue weighted by atomic mass is 10.1. The zero-order chi connectivity index (χ0) is 15.4. The van der Waals surface area contributed by atoms with Gasteiger partial charge in [-0.2, -0.15) is 0 Å². The Bertz CT molecular complexity index is 682. The number of aromatic hydroxyl groups is 1. The summed E-state index contributed by atoms with van der Waals surface area (Å²) in [6.07, 6.45) is 0. The predicted molar refractivity (Wildman–Crippen MR) is 76.0 cm³/mol. The van der Waals surface area contributed by atoms with Crippen LogP contribution >= 0.6 is 0 Å². The molecule has 0 heterocycles. The van der Waals surface area contributed by atoms with Crippen LogP contribution in [0.25, 0.3) is 0 Å². The van der Waals surface area contributed by atoms with Crippen molar-refractivity contribution in [2.24, 2.45) is 0 Å². The van der Waals surface area contributed by atoms with E-state index in [2.05, 4.69) is 5.32 Å². The highest BCUT2D eigenvalue weighted by Gasteiger charge is 2.19. The average Bonchev–Trinajstić information content (AvgIpc) is 2.47. The second-order valence-corrected chi connectivity index (χ2v) is 4.19. The molecule has 0 radical (unpaired) electrons. The molecule has 0 aliphatic rings. The number of carboxylic acid groups (broad SMARTS) is 1. The molecule has 0 unspecified atom stereocenters. The Morgan fingerprint density at radius 3 is 2.38 bits per heavy atom. The zero-order valence-electron chi connectivity index (χ0n) is 11.2. The second kappa shape index (κ2) is 5.96. The summed E-state index contributed by atoms with van der Waals surface area (Å²) in [5.74, 6) is -2.07. The van der Waals surface area contributed by atoms with E-state index in [4.69, 9.17) is 9.84 Å². The van der Waals surface area contributed by atoms with E-state index < -0.39 is 17.6 Å². The van der Waals surface area contributed by atoms with Crippen molar-refractivity contribution in [3.05, 3.63) is 53.6 Å². The maximum Gasteiger partial charge on any atom is 0.341 e. The van der Waals surface area contributed by atoms with Crippen molar-refractivity contribution >= 4 is 17.6 Å². The molecule has 3 N–H and O–H groups in total. The number of rotatable bonds is 4. The van der Waals surface area contributed by atoms with Crippen molar-refractivity contribution in [3.63, 3.8) is 0 Å². The van der Waals surface area contributed by atoms with Crippen LogP contribution in [0.2, 0.25) is 0 Å². The molecule has 0 atom stereocenters. The van der Waals surface area contributed by atoms with Crippen molar-refractivity contribution in [3.8, 4) is 11.5 Å². The first kappa shape index (κ1) is 14.4. The summed E-state index contributed by atoms with van der Waals surface area (Å²) in [5, 5.41) is 21.4. The normalized spacial score (nSPS) is 9.95. The lowest BCUT2D eigenvalue weighted by Gasteiger charge is -2.12. The van der Waals surface area contributed by atoms with Gasteiger partial charge in [0.25, 0.3) is 5.91 Å². The molecule has 0 spiro atoms. The van der Waals surface area contributed by atoms with Gasteiger partial charge in [-0.15, -0.1) is 0 Å². The van der Waals surface area contributed by atoms with Gasteiger partial charge in [0, 0.05) is 17.7 Å². The molecule has 108 valence electrons. The maximum absolute atomic E-state index is 12.1. The molecule has 2 aromatic rings. The second-order valence-electron chi connectivity index (χ2n) is 4.19. The molecule has 0 saturated heterocycles. The van der Waals surface area contributed by atoms with Crippen molar-refractivity contribution in [2.75, 3.05) is 12.4 Å². The third kappa shape index (κ3) is 3.11. The Kier molecular flexibility index (Phi) is 4.08. The molecular weight excluding hydrogens is 274 g/mol. The van der Waals surface area contributed by atoms with Gasteiger partial charge in [-0.1, -0.05) is 18.2 Å². The van der Waals surface area contributed by atoms with E-state index in [0.717, 1.165) is 0 Å². The van der Waals surface area contributed by atoms with Gasteiger partial charge in [0.15, 0.2) is 0 Å². The number of carboxylic acids is 1. The average molecular weight is 287 g/mol. The number of carbonyl (C=O) groups is 2. The van der Waals surface area contributed by atoms with Crippen molar-refractivity contribution < 1.29 is 24.5 Å². The largest absolute Gasteiger partial charge is 0.507 e. The monoisotopic (exact) mass is 287 g/mol. The van der Waals surface area contributed by atoms with Gasteiger partial charge in [-0.25, -0.2) is 4.79 Å². The third-order valence-corrected chi connectivity index (χ3v) is 2.82. The predicted octanol–water partition coefficient (Wildman–Crippen LogP) is 2.35. The highest BCUT2D eigenvalue weighted by molar-refractivity contribution is 6.08. The summed E-state index contributed by atoms with van der Waals surface area (Å²) in [5.41, 5.74) is -0.0515. The van der Waals surface area contributed by atoms with Gasteiger partial charge in [-0.3, -0.25) is 4.79 Å². The minimum Gasteiger partial charge on any atom is -0.507 e. The van der Waals surface area contributed by atoms with Gasteiger partial charge in [-0.05, 0) is 12.1 Å². The number of anilines is 1. The molecule has 2 rings (SSSR count). The summed E-state index contributed by atoms with van der Waals surface area (Å²) >= 11 is 0. The number of carbonyl (C=O) groups excluding carboxylic acids is 1. The fourth-order valence-corrected chi connectivity index (χ4v) is 1.83. The highest BCUT2D eigenvalue weighted by atomic mass is 16.5. The summed E-state index contributed by atoms with van der Waals surface area (Å²) < 4.78 is 4.95. The quantitative estimate of drug-likeness (QED) is 0.802. The van der Waals surface area contributed by atoms with Crippen molar-refractivity contribution in [2.45, 2.75) is 0 Å². The SMILES string of the molecule is COc1cc(O)c(C(=O)O)c(NC(=O)c2ccccc2)c1. The first-order valence-corrected chi connectivity index (χ1v) is 6.03. The summed E-state index contributed by atoms with van der Waals surface area (Å²) in [4.78, 5) is 23.3. The molecule has 21 heavy (non-hydrogen) atoms. The Hall–Kier alpha value is -3.02. The van der Waals surface area contributed by atoms with E-state index in [-0.39, 0.29) is 17.0 Å². The minimum absolute atomic E-state index is 0.0341. The van der Waals surface area contributed by atoms with Crippen LogP contribution in [0.15, 0.2) is 42.5 Å². The van der Waals surface area contributed by atoms with Crippen molar-refractivity contribution in [1.82, 2.24) is 0 Å². The van der Waals surface area contributed by atoms with Crippen LogP contribution in [0.3, 0.4) is 0 Å². The molecule has 0 aliphatic carbocycles. The Balaban J connectivity index is 2.41. The molecular formula is C15H13NO5. The van der Waals surface area contributed by atoms with Crippen LogP contribution in [0.1, 0.15) is 20.7 Å². The van der Waals surface area contributed by atoms with E-state index >= 15 is 0 Å². The topological polar surface area (TPSA) is 95.9 Å².